The van der Waals surface area contributed by atoms with Crippen LogP contribution < -0.4 is 5.11 Å². The summed E-state index contributed by atoms with van der Waals surface area (Å²) in [5.41, 5.74) is 0. The third-order valence-electron chi connectivity index (χ3n) is 13.5. The first-order chi connectivity index (χ1) is 32.9. The molecule has 0 radical (unpaired) electrons. The number of carbonyl (C=O) groups excluding carboxylic acids is 2. The molecule has 3 rings (SSSR count). The molecule has 8 N–H and O–H groups in total. The van der Waals surface area contributed by atoms with E-state index in [0.717, 1.165) is 122 Å². The molecule has 0 aromatic rings. The van der Waals surface area contributed by atoms with E-state index >= 15 is 0 Å². The zero-order chi connectivity index (χ0) is 50.9. The smallest absolute Gasteiger partial charge is 0.306 e. The van der Waals surface area contributed by atoms with Crippen molar-refractivity contribution in [1.29, 1.82) is 0 Å². The molecule has 0 amide bonds. The number of carboxylic acid groups (broad SMARTS) is 1. The molecule has 2 unspecified atom stereocenters. The highest BCUT2D eigenvalue weighted by Gasteiger charge is 2.52. The van der Waals surface area contributed by atoms with Gasteiger partial charge in [-0.2, -0.15) is 0 Å². The molecule has 3 fully saturated rings. The van der Waals surface area contributed by atoms with Crippen molar-refractivity contribution >= 4 is 17.9 Å². The SMILES string of the molecule is CCCCCCC(CCC[C@@H](O)CCCCCCCCCCCCC[C@@H]([O-])C(=O)O)C[C@H]1OC[C@H](O)[C@@H](O)[C@@H]1OC1OC[C@H](OC(C)=O)[C@@H](O)[C@@H]1O[C@H]1O[C@@H](COC(=O)CC(C)C)[C@H](O)[C@@H](O)[C@@H]1O. The van der Waals surface area contributed by atoms with E-state index in [-0.39, 0.29) is 37.9 Å². The Morgan fingerprint density at radius 3 is 1.81 bits per heavy atom. The van der Waals surface area contributed by atoms with E-state index in [2.05, 4.69) is 6.92 Å². The second kappa shape index (κ2) is 33.6. The van der Waals surface area contributed by atoms with E-state index in [1.807, 2.05) is 13.8 Å². The van der Waals surface area contributed by atoms with Crippen LogP contribution in [0.15, 0.2) is 0 Å². The van der Waals surface area contributed by atoms with E-state index in [9.17, 15) is 55.2 Å². The van der Waals surface area contributed by atoms with Crippen molar-refractivity contribution in [3.63, 3.8) is 0 Å². The van der Waals surface area contributed by atoms with Gasteiger partial charge in [-0.1, -0.05) is 143 Å². The van der Waals surface area contributed by atoms with Crippen LogP contribution in [0.25, 0.3) is 0 Å². The van der Waals surface area contributed by atoms with Gasteiger partial charge in [0, 0.05) is 13.3 Å². The number of unbranched alkanes of at least 4 members (excludes halogenated alkanes) is 13. The Labute approximate surface area is 409 Å². The Balaban J connectivity index is 1.59. The molecule has 0 aliphatic carbocycles. The Morgan fingerprint density at radius 1 is 0.638 bits per heavy atom. The lowest BCUT2D eigenvalue weighted by Gasteiger charge is -2.47. The van der Waals surface area contributed by atoms with E-state index in [1.165, 1.54) is 0 Å². The number of hydrogen-bond donors (Lipinski definition) is 8. The van der Waals surface area contributed by atoms with E-state index in [4.69, 9.17) is 38.3 Å². The highest BCUT2D eigenvalue weighted by Crippen LogP contribution is 2.34. The van der Waals surface area contributed by atoms with Gasteiger partial charge in [0.15, 0.2) is 18.7 Å². The molecule has 0 saturated carbocycles. The van der Waals surface area contributed by atoms with Gasteiger partial charge in [-0.05, 0) is 37.2 Å². The van der Waals surface area contributed by atoms with Gasteiger partial charge in [0.2, 0.25) is 0 Å². The molecule has 19 nitrogen and oxygen atoms in total. The van der Waals surface area contributed by atoms with Crippen LogP contribution in [-0.4, -0.2) is 171 Å². The monoisotopic (exact) mass is 994 g/mol. The predicted molar refractivity (Wildman–Crippen MR) is 248 cm³/mol. The van der Waals surface area contributed by atoms with Crippen LogP contribution in [0.2, 0.25) is 0 Å². The Bertz CT molecular complexity index is 1410. The van der Waals surface area contributed by atoms with Gasteiger partial charge in [-0.25, -0.2) is 0 Å². The first kappa shape index (κ1) is 61.2. The van der Waals surface area contributed by atoms with Crippen molar-refractivity contribution in [2.75, 3.05) is 19.8 Å². The lowest BCUT2D eigenvalue weighted by molar-refractivity contribution is -0.409. The average Bonchev–Trinajstić information content (AvgIpc) is 3.29. The number of aliphatic hydroxyl groups excluding tert-OH is 7. The van der Waals surface area contributed by atoms with Crippen molar-refractivity contribution in [3.8, 4) is 0 Å². The van der Waals surface area contributed by atoms with Crippen molar-refractivity contribution in [1.82, 2.24) is 0 Å². The molecule has 0 bridgehead atoms. The van der Waals surface area contributed by atoms with Gasteiger partial charge < -0.3 is 79.1 Å². The van der Waals surface area contributed by atoms with E-state index < -0.39 is 116 Å². The molecule has 0 aromatic heterocycles. The summed E-state index contributed by atoms with van der Waals surface area (Å²) in [6, 6.07) is 0. The summed E-state index contributed by atoms with van der Waals surface area (Å²) < 4.78 is 40.9. The quantitative estimate of drug-likeness (QED) is 0.0334. The maximum atomic E-state index is 12.3. The zero-order valence-electron chi connectivity index (χ0n) is 41.8. The number of carbonyl (C=O) groups is 3. The average molecular weight is 994 g/mol. The summed E-state index contributed by atoms with van der Waals surface area (Å²) >= 11 is 0. The lowest BCUT2D eigenvalue weighted by Crippen LogP contribution is -2.64. The Hall–Kier alpha value is -2.11. The second-order valence-corrected chi connectivity index (χ2v) is 20.1. The minimum atomic E-state index is -1.87. The van der Waals surface area contributed by atoms with Gasteiger partial charge in [0.25, 0.3) is 5.97 Å². The first-order valence-corrected chi connectivity index (χ1v) is 26.1. The summed E-state index contributed by atoms with van der Waals surface area (Å²) in [5.74, 6) is -2.47. The summed E-state index contributed by atoms with van der Waals surface area (Å²) in [6.45, 7) is 5.92. The largest absolute Gasteiger partial charge is 0.844 e. The molecule has 3 aliphatic rings. The van der Waals surface area contributed by atoms with Crippen LogP contribution in [0.3, 0.4) is 0 Å². The molecule has 69 heavy (non-hydrogen) atoms. The van der Waals surface area contributed by atoms with Crippen LogP contribution in [0.4, 0.5) is 0 Å². The minimum absolute atomic E-state index is 0.0111. The van der Waals surface area contributed by atoms with Crippen LogP contribution >= 0.6 is 0 Å². The van der Waals surface area contributed by atoms with Gasteiger partial charge in [0.05, 0.1) is 25.4 Å². The summed E-state index contributed by atoms with van der Waals surface area (Å²) in [4.78, 5) is 34.9. The normalized spacial score (nSPS) is 31.0. The fourth-order valence-corrected chi connectivity index (χ4v) is 9.38. The highest BCUT2D eigenvalue weighted by molar-refractivity contribution is 5.71. The number of ether oxygens (including phenoxy) is 7. The van der Waals surface area contributed by atoms with Crippen molar-refractivity contribution in [2.24, 2.45) is 11.8 Å². The van der Waals surface area contributed by atoms with Crippen molar-refractivity contribution in [2.45, 2.75) is 267 Å². The molecule has 16 atom stereocenters. The Kier molecular flexibility index (Phi) is 29.8. The third kappa shape index (κ3) is 22.7. The fraction of sp³-hybridized carbons (Fsp3) is 0.940. The molecule has 19 heteroatoms. The van der Waals surface area contributed by atoms with Gasteiger partial charge >= 0.3 is 11.9 Å². The summed E-state index contributed by atoms with van der Waals surface area (Å²) in [6.07, 6.45) is -1.18. The van der Waals surface area contributed by atoms with Gasteiger partial charge in [-0.15, -0.1) is 0 Å². The lowest BCUT2D eigenvalue weighted by atomic mass is 9.85. The molecular formula is C50H89O19-. The van der Waals surface area contributed by atoms with Crippen LogP contribution in [0.1, 0.15) is 175 Å². The number of aliphatic hydroxyl groups is 7. The number of hydrogen-bond acceptors (Lipinski definition) is 18. The van der Waals surface area contributed by atoms with Crippen LogP contribution in [-0.2, 0) is 47.5 Å². The van der Waals surface area contributed by atoms with E-state index in [1.54, 1.807) is 0 Å². The topological polar surface area (TPSA) is 301 Å². The Morgan fingerprint density at radius 2 is 1.20 bits per heavy atom. The molecule has 404 valence electrons. The maximum absolute atomic E-state index is 12.3. The van der Waals surface area contributed by atoms with Crippen molar-refractivity contribution in [3.05, 3.63) is 0 Å². The maximum Gasteiger partial charge on any atom is 0.306 e. The molecule has 0 aromatic carbocycles. The first-order valence-electron chi connectivity index (χ1n) is 26.1. The predicted octanol–water partition coefficient (Wildman–Crippen LogP) is 3.32. The summed E-state index contributed by atoms with van der Waals surface area (Å²) in [5, 5.41) is 97.1. The fourth-order valence-electron chi connectivity index (χ4n) is 9.38. The van der Waals surface area contributed by atoms with Crippen molar-refractivity contribution < 1.29 is 93.5 Å². The van der Waals surface area contributed by atoms with Gasteiger partial charge in [0.1, 0.15) is 61.5 Å². The standard InChI is InChI=1S/C50H89O19/c1-5-6-7-17-21-33(22-20-24-34(52)23-18-15-13-11-9-8-10-12-14-16-19-25-35(53)48(61)62)27-37-46(41(56)36(54)28-63-37)68-50-47(43(58)39(30-65-50)66-32(4)51)69-49-45(60)44(59)42(57)38(67-49)29-64-40(55)26-31(2)3/h31,33-39,41-47,49-50,52,54,56-60H,5-30H2,1-4H3,(H,61,62)/q-1/t33?,34-,35+,36-,37+,38-,39-,41+,42-,43+,44+,45-,46+,47-,49+,50?/m0/s1. The number of esters is 2. The molecule has 3 saturated heterocycles. The number of aliphatic carboxylic acids is 1. The van der Waals surface area contributed by atoms with Crippen LogP contribution in [0.5, 0.6) is 0 Å². The zero-order valence-corrected chi connectivity index (χ0v) is 41.8. The molecule has 0 spiro atoms. The molecule has 3 heterocycles. The molecular weight excluding hydrogens is 905 g/mol. The third-order valence-corrected chi connectivity index (χ3v) is 13.5. The summed E-state index contributed by atoms with van der Waals surface area (Å²) in [7, 11) is 0. The van der Waals surface area contributed by atoms with Crippen LogP contribution in [0, 0.1) is 11.8 Å². The molecule has 3 aliphatic heterocycles. The van der Waals surface area contributed by atoms with E-state index in [0.29, 0.717) is 19.3 Å². The minimum Gasteiger partial charge on any atom is -0.844 e. The second-order valence-electron chi connectivity index (χ2n) is 20.1. The van der Waals surface area contributed by atoms with Gasteiger partial charge in [-0.3, -0.25) is 14.4 Å². The number of rotatable bonds is 35. The number of carboxylic acids is 1. The highest BCUT2D eigenvalue weighted by atomic mass is 16.8.